The van der Waals surface area contributed by atoms with Gasteiger partial charge in [-0.3, -0.25) is 0 Å². The molecule has 0 saturated carbocycles. The molecule has 0 amide bonds. The quantitative estimate of drug-likeness (QED) is 0.690. The van der Waals surface area contributed by atoms with Gasteiger partial charge in [0.15, 0.2) is 0 Å². The Bertz CT molecular complexity index is 369. The largest absolute Gasteiger partial charge is 0.484 e. The lowest BCUT2D eigenvalue weighted by Gasteiger charge is -2.23. The van der Waals surface area contributed by atoms with Crippen LogP contribution in [0.25, 0.3) is 0 Å². The van der Waals surface area contributed by atoms with Crippen molar-refractivity contribution in [2.45, 2.75) is 20.0 Å². The van der Waals surface area contributed by atoms with Crippen LogP contribution in [-0.2, 0) is 4.74 Å². The molecule has 0 spiro atoms. The Morgan fingerprint density at radius 1 is 1.33 bits per heavy atom. The fourth-order valence-corrected chi connectivity index (χ4v) is 1.61. The van der Waals surface area contributed by atoms with E-state index in [1.165, 1.54) is 11.1 Å². The van der Waals surface area contributed by atoms with Gasteiger partial charge in [-0.25, -0.2) is 0 Å². The zero-order chi connectivity index (χ0) is 10.7. The van der Waals surface area contributed by atoms with Crippen LogP contribution in [0.5, 0.6) is 5.75 Å². The average molecular weight is 204 g/mol. The molecule has 0 bridgehead atoms. The summed E-state index contributed by atoms with van der Waals surface area (Å²) in [5.74, 6) is 0.915. The normalized spacial score (nSPS) is 20.9. The molecule has 2 nitrogen and oxygen atoms in total. The molecule has 80 valence electrons. The molecule has 1 aliphatic heterocycles. The van der Waals surface area contributed by atoms with Crippen LogP contribution in [0.4, 0.5) is 0 Å². The fourth-order valence-electron chi connectivity index (χ4n) is 1.61. The third-order valence-corrected chi connectivity index (χ3v) is 2.57. The maximum absolute atomic E-state index is 5.86. The summed E-state index contributed by atoms with van der Waals surface area (Å²) < 4.78 is 11.2. The van der Waals surface area contributed by atoms with Gasteiger partial charge in [-0.05, 0) is 37.1 Å². The first-order chi connectivity index (χ1) is 7.25. The molecule has 1 heterocycles. The molecule has 15 heavy (non-hydrogen) atoms. The van der Waals surface area contributed by atoms with Crippen LogP contribution in [0.3, 0.4) is 0 Å². The number of aryl methyl sites for hydroxylation is 1. The topological polar surface area (TPSA) is 18.5 Å². The Hall–Kier alpha value is -1.28. The summed E-state index contributed by atoms with van der Waals surface area (Å²) in [7, 11) is 0. The van der Waals surface area contributed by atoms with E-state index < -0.39 is 0 Å². The lowest BCUT2D eigenvalue weighted by Crippen LogP contribution is -2.28. The van der Waals surface area contributed by atoms with E-state index in [1.54, 1.807) is 0 Å². The number of rotatable bonds is 2. The van der Waals surface area contributed by atoms with Crippen LogP contribution in [0, 0.1) is 6.92 Å². The monoisotopic (exact) mass is 204 g/mol. The molecule has 0 fully saturated rings. The molecule has 0 saturated heterocycles. The summed E-state index contributed by atoms with van der Waals surface area (Å²) in [5.41, 5.74) is 2.47. The highest BCUT2D eigenvalue weighted by Gasteiger charge is 2.16. The smallest absolute Gasteiger partial charge is 0.143 e. The van der Waals surface area contributed by atoms with Crippen LogP contribution in [0.1, 0.15) is 12.5 Å². The average Bonchev–Trinajstić information content (AvgIpc) is 2.22. The minimum atomic E-state index is 0.0700. The van der Waals surface area contributed by atoms with Crippen LogP contribution >= 0.6 is 0 Å². The molecule has 1 aromatic rings. The molecule has 1 aromatic carbocycles. The standard InChI is InChI=1S/C13H16O2/c1-10-4-3-5-12(8-10)15-13-9-14-7-6-11(13)2/h3-6,8,13H,7,9H2,1-2H3. The predicted octanol–water partition coefficient (Wildman–Crippen LogP) is 2.72. The third kappa shape index (κ3) is 2.60. The van der Waals surface area contributed by atoms with Crippen LogP contribution in [-0.4, -0.2) is 19.3 Å². The lowest BCUT2D eigenvalue weighted by atomic mass is 10.1. The van der Waals surface area contributed by atoms with Gasteiger partial charge in [-0.1, -0.05) is 18.2 Å². The molecule has 2 heteroatoms. The first-order valence-corrected chi connectivity index (χ1v) is 5.23. The van der Waals surface area contributed by atoms with Crippen molar-refractivity contribution in [3.8, 4) is 5.75 Å². The lowest BCUT2D eigenvalue weighted by molar-refractivity contribution is 0.0680. The molecule has 1 atom stereocenters. The van der Waals surface area contributed by atoms with E-state index in [1.807, 2.05) is 18.2 Å². The van der Waals surface area contributed by atoms with Crippen LogP contribution in [0.15, 0.2) is 35.9 Å². The van der Waals surface area contributed by atoms with Gasteiger partial charge in [0, 0.05) is 0 Å². The van der Waals surface area contributed by atoms with Gasteiger partial charge >= 0.3 is 0 Å². The third-order valence-electron chi connectivity index (χ3n) is 2.57. The van der Waals surface area contributed by atoms with Crippen LogP contribution in [0.2, 0.25) is 0 Å². The van der Waals surface area contributed by atoms with Crippen molar-refractivity contribution < 1.29 is 9.47 Å². The van der Waals surface area contributed by atoms with Gasteiger partial charge < -0.3 is 9.47 Å². The van der Waals surface area contributed by atoms with Gasteiger partial charge in [0.25, 0.3) is 0 Å². The Kier molecular flexibility index (Phi) is 3.07. The fraction of sp³-hybridized carbons (Fsp3) is 0.385. The summed E-state index contributed by atoms with van der Waals surface area (Å²) in [6.07, 6.45) is 2.14. The molecule has 0 aliphatic carbocycles. The molecule has 0 N–H and O–H groups in total. The molecule has 1 unspecified atom stereocenters. The zero-order valence-corrected chi connectivity index (χ0v) is 9.19. The highest BCUT2D eigenvalue weighted by Crippen LogP contribution is 2.19. The van der Waals surface area contributed by atoms with Gasteiger partial charge in [0.1, 0.15) is 11.9 Å². The Morgan fingerprint density at radius 2 is 2.20 bits per heavy atom. The van der Waals surface area contributed by atoms with Gasteiger partial charge in [-0.2, -0.15) is 0 Å². The number of benzene rings is 1. The second kappa shape index (κ2) is 4.49. The Morgan fingerprint density at radius 3 is 2.93 bits per heavy atom. The van der Waals surface area contributed by atoms with E-state index in [9.17, 15) is 0 Å². The zero-order valence-electron chi connectivity index (χ0n) is 9.19. The molecular weight excluding hydrogens is 188 g/mol. The van der Waals surface area contributed by atoms with E-state index in [-0.39, 0.29) is 6.10 Å². The number of hydrogen-bond donors (Lipinski definition) is 0. The summed E-state index contributed by atoms with van der Waals surface area (Å²) in [5, 5.41) is 0. The second-order valence-corrected chi connectivity index (χ2v) is 3.91. The molecule has 0 radical (unpaired) electrons. The van der Waals surface area contributed by atoms with E-state index in [4.69, 9.17) is 9.47 Å². The van der Waals surface area contributed by atoms with Gasteiger partial charge in [0.2, 0.25) is 0 Å². The Balaban J connectivity index is 2.08. The van der Waals surface area contributed by atoms with E-state index in [2.05, 4.69) is 26.0 Å². The van der Waals surface area contributed by atoms with Crippen molar-refractivity contribution in [2.75, 3.05) is 13.2 Å². The summed E-state index contributed by atoms with van der Waals surface area (Å²) in [4.78, 5) is 0. The highest BCUT2D eigenvalue weighted by molar-refractivity contribution is 5.28. The van der Waals surface area contributed by atoms with Crippen molar-refractivity contribution in [1.29, 1.82) is 0 Å². The summed E-state index contributed by atoms with van der Waals surface area (Å²) >= 11 is 0. The summed E-state index contributed by atoms with van der Waals surface area (Å²) in [6, 6.07) is 8.09. The summed E-state index contributed by atoms with van der Waals surface area (Å²) in [6.45, 7) is 5.51. The van der Waals surface area contributed by atoms with E-state index >= 15 is 0 Å². The maximum Gasteiger partial charge on any atom is 0.143 e. The number of ether oxygens (including phenoxy) is 2. The Labute approximate surface area is 90.5 Å². The SMILES string of the molecule is CC1=CCOCC1Oc1cccc(C)c1. The van der Waals surface area contributed by atoms with Crippen molar-refractivity contribution >= 4 is 0 Å². The molecule has 1 aliphatic rings. The predicted molar refractivity (Wildman–Crippen MR) is 60.2 cm³/mol. The highest BCUT2D eigenvalue weighted by atomic mass is 16.5. The molecular formula is C13H16O2. The van der Waals surface area contributed by atoms with Crippen LogP contribution < -0.4 is 4.74 Å². The van der Waals surface area contributed by atoms with E-state index in [0.717, 1.165) is 5.75 Å². The first kappa shape index (κ1) is 10.2. The van der Waals surface area contributed by atoms with Gasteiger partial charge in [0.05, 0.1) is 13.2 Å². The molecule has 0 aromatic heterocycles. The van der Waals surface area contributed by atoms with Crippen molar-refractivity contribution in [2.24, 2.45) is 0 Å². The van der Waals surface area contributed by atoms with E-state index in [0.29, 0.717) is 13.2 Å². The first-order valence-electron chi connectivity index (χ1n) is 5.23. The minimum absolute atomic E-state index is 0.0700. The van der Waals surface area contributed by atoms with Crippen molar-refractivity contribution in [3.05, 3.63) is 41.5 Å². The minimum Gasteiger partial charge on any atom is -0.484 e. The maximum atomic E-state index is 5.86. The molecule has 2 rings (SSSR count). The second-order valence-electron chi connectivity index (χ2n) is 3.91. The van der Waals surface area contributed by atoms with Crippen molar-refractivity contribution in [3.63, 3.8) is 0 Å². The van der Waals surface area contributed by atoms with Crippen molar-refractivity contribution in [1.82, 2.24) is 0 Å². The van der Waals surface area contributed by atoms with Gasteiger partial charge in [-0.15, -0.1) is 0 Å². The number of hydrogen-bond acceptors (Lipinski definition) is 2.